The van der Waals surface area contributed by atoms with Gasteiger partial charge in [-0.25, -0.2) is 0 Å². The zero-order valence-corrected chi connectivity index (χ0v) is 13.0. The number of hydrogen-bond donors (Lipinski definition) is 1. The lowest BCUT2D eigenvalue weighted by Gasteiger charge is -2.34. The van der Waals surface area contributed by atoms with E-state index in [0.29, 0.717) is 5.92 Å². The van der Waals surface area contributed by atoms with Gasteiger partial charge in [-0.2, -0.15) is 0 Å². The van der Waals surface area contributed by atoms with E-state index in [2.05, 4.69) is 62.4 Å². The molecule has 2 aromatic rings. The molecule has 1 aliphatic carbocycles. The van der Waals surface area contributed by atoms with Gasteiger partial charge in [-0.1, -0.05) is 62.4 Å². The number of hydrogen-bond acceptors (Lipinski definition) is 1. The first kappa shape index (κ1) is 14.3. The van der Waals surface area contributed by atoms with Crippen LogP contribution in [0.25, 0.3) is 0 Å². The van der Waals surface area contributed by atoms with E-state index in [4.69, 9.17) is 0 Å². The highest BCUT2D eigenvalue weighted by Gasteiger charge is 2.33. The predicted octanol–water partition coefficient (Wildman–Crippen LogP) is 4.26. The summed E-state index contributed by atoms with van der Waals surface area (Å²) in [6.07, 6.45) is 3.57. The SMILES string of the molecule is CC(C)Cc1cccc(C2(O)CCc3ccccc3C2)c1. The fraction of sp³-hybridized carbons (Fsp3) is 0.400. The van der Waals surface area contributed by atoms with Crippen molar-refractivity contribution in [2.24, 2.45) is 5.92 Å². The van der Waals surface area contributed by atoms with Crippen molar-refractivity contribution in [3.8, 4) is 0 Å². The lowest BCUT2D eigenvalue weighted by Crippen LogP contribution is -2.33. The summed E-state index contributed by atoms with van der Waals surface area (Å²) in [5.41, 5.74) is 4.38. The molecule has 110 valence electrons. The molecule has 2 aromatic carbocycles. The fourth-order valence-electron chi connectivity index (χ4n) is 3.42. The van der Waals surface area contributed by atoms with Crippen molar-refractivity contribution in [2.45, 2.75) is 45.1 Å². The second kappa shape index (κ2) is 5.65. The molecular weight excluding hydrogens is 256 g/mol. The van der Waals surface area contributed by atoms with E-state index >= 15 is 0 Å². The van der Waals surface area contributed by atoms with Crippen molar-refractivity contribution in [3.05, 3.63) is 70.8 Å². The Morgan fingerprint density at radius 3 is 2.57 bits per heavy atom. The van der Waals surface area contributed by atoms with Crippen LogP contribution in [0, 0.1) is 5.92 Å². The van der Waals surface area contributed by atoms with Gasteiger partial charge in [0.05, 0.1) is 5.60 Å². The van der Waals surface area contributed by atoms with E-state index in [9.17, 15) is 5.11 Å². The van der Waals surface area contributed by atoms with Gasteiger partial charge < -0.3 is 5.11 Å². The summed E-state index contributed by atoms with van der Waals surface area (Å²) in [6, 6.07) is 17.0. The second-order valence-corrected chi connectivity index (χ2v) is 6.78. The van der Waals surface area contributed by atoms with Gasteiger partial charge in [-0.05, 0) is 47.4 Å². The molecule has 0 saturated heterocycles. The third-order valence-corrected chi connectivity index (χ3v) is 4.52. The topological polar surface area (TPSA) is 20.2 Å². The number of benzene rings is 2. The predicted molar refractivity (Wildman–Crippen MR) is 87.3 cm³/mol. The van der Waals surface area contributed by atoms with Crippen LogP contribution in [0.2, 0.25) is 0 Å². The molecular formula is C20H24O. The van der Waals surface area contributed by atoms with Gasteiger partial charge in [0.15, 0.2) is 0 Å². The quantitative estimate of drug-likeness (QED) is 0.890. The standard InChI is InChI=1S/C20H24O/c1-15(2)12-16-6-5-9-19(13-16)20(21)11-10-17-7-3-4-8-18(17)14-20/h3-9,13,15,21H,10-12,14H2,1-2H3. The van der Waals surface area contributed by atoms with Gasteiger partial charge in [-0.15, -0.1) is 0 Å². The zero-order chi connectivity index (χ0) is 14.9. The summed E-state index contributed by atoms with van der Waals surface area (Å²) in [5, 5.41) is 11.1. The molecule has 0 aliphatic heterocycles. The molecule has 0 bridgehead atoms. The van der Waals surface area contributed by atoms with Crippen LogP contribution in [0.5, 0.6) is 0 Å². The largest absolute Gasteiger partial charge is 0.385 e. The Kier molecular flexibility index (Phi) is 3.86. The lowest BCUT2D eigenvalue weighted by atomic mass is 9.76. The Morgan fingerprint density at radius 1 is 1.05 bits per heavy atom. The van der Waals surface area contributed by atoms with Gasteiger partial charge in [0, 0.05) is 6.42 Å². The van der Waals surface area contributed by atoms with Crippen LogP contribution in [0.1, 0.15) is 42.5 Å². The highest BCUT2D eigenvalue weighted by Crippen LogP contribution is 2.36. The number of aliphatic hydroxyl groups is 1. The van der Waals surface area contributed by atoms with E-state index in [0.717, 1.165) is 31.2 Å². The summed E-state index contributed by atoms with van der Waals surface area (Å²) in [5.74, 6) is 0.641. The maximum atomic E-state index is 11.1. The maximum absolute atomic E-state index is 11.1. The Morgan fingerprint density at radius 2 is 1.81 bits per heavy atom. The van der Waals surface area contributed by atoms with E-state index in [1.54, 1.807) is 0 Å². The lowest BCUT2D eigenvalue weighted by molar-refractivity contribution is 0.0222. The van der Waals surface area contributed by atoms with E-state index in [-0.39, 0.29) is 0 Å². The fourth-order valence-corrected chi connectivity index (χ4v) is 3.42. The van der Waals surface area contributed by atoms with E-state index in [1.807, 2.05) is 0 Å². The zero-order valence-electron chi connectivity index (χ0n) is 13.0. The molecule has 0 fully saturated rings. The summed E-state index contributed by atoms with van der Waals surface area (Å²) in [7, 11) is 0. The van der Waals surface area contributed by atoms with Crippen molar-refractivity contribution >= 4 is 0 Å². The summed E-state index contributed by atoms with van der Waals surface area (Å²) in [6.45, 7) is 4.47. The molecule has 0 spiro atoms. The van der Waals surface area contributed by atoms with Gasteiger partial charge in [0.1, 0.15) is 0 Å². The molecule has 1 heteroatoms. The molecule has 21 heavy (non-hydrogen) atoms. The van der Waals surface area contributed by atoms with Gasteiger partial charge in [-0.3, -0.25) is 0 Å². The third kappa shape index (κ3) is 3.03. The van der Waals surface area contributed by atoms with Crippen LogP contribution in [0.3, 0.4) is 0 Å². The highest BCUT2D eigenvalue weighted by atomic mass is 16.3. The first-order chi connectivity index (χ1) is 10.1. The second-order valence-electron chi connectivity index (χ2n) is 6.78. The van der Waals surface area contributed by atoms with Crippen LogP contribution >= 0.6 is 0 Å². The molecule has 1 atom stereocenters. The first-order valence-corrected chi connectivity index (χ1v) is 7.95. The number of fused-ring (bicyclic) bond motifs is 1. The average molecular weight is 280 g/mol. The van der Waals surface area contributed by atoms with Crippen LogP contribution in [-0.4, -0.2) is 5.11 Å². The van der Waals surface area contributed by atoms with E-state index < -0.39 is 5.60 Å². The monoisotopic (exact) mass is 280 g/mol. The first-order valence-electron chi connectivity index (χ1n) is 7.95. The average Bonchev–Trinajstić information content (AvgIpc) is 2.47. The van der Waals surface area contributed by atoms with Crippen LogP contribution in [0.4, 0.5) is 0 Å². The molecule has 0 amide bonds. The molecule has 1 unspecified atom stereocenters. The van der Waals surface area contributed by atoms with Crippen molar-refractivity contribution in [1.82, 2.24) is 0 Å². The van der Waals surface area contributed by atoms with Crippen molar-refractivity contribution in [2.75, 3.05) is 0 Å². The van der Waals surface area contributed by atoms with Gasteiger partial charge in [0.2, 0.25) is 0 Å². The minimum Gasteiger partial charge on any atom is -0.385 e. The van der Waals surface area contributed by atoms with Gasteiger partial charge >= 0.3 is 0 Å². The number of aryl methyl sites for hydroxylation is 1. The molecule has 0 radical (unpaired) electrons. The molecule has 3 rings (SSSR count). The molecule has 1 nitrogen and oxygen atoms in total. The minimum atomic E-state index is -0.707. The van der Waals surface area contributed by atoms with Crippen LogP contribution in [-0.2, 0) is 24.9 Å². The Balaban J connectivity index is 1.90. The summed E-state index contributed by atoms with van der Waals surface area (Å²) < 4.78 is 0. The van der Waals surface area contributed by atoms with Crippen LogP contribution < -0.4 is 0 Å². The Bertz CT molecular complexity index is 629. The number of rotatable bonds is 3. The molecule has 0 aromatic heterocycles. The van der Waals surface area contributed by atoms with Crippen molar-refractivity contribution < 1.29 is 5.11 Å². The maximum Gasteiger partial charge on any atom is 0.0940 e. The molecule has 1 aliphatic rings. The summed E-state index contributed by atoms with van der Waals surface area (Å²) in [4.78, 5) is 0. The third-order valence-electron chi connectivity index (χ3n) is 4.52. The Hall–Kier alpha value is -1.60. The minimum absolute atomic E-state index is 0.641. The molecule has 1 N–H and O–H groups in total. The van der Waals surface area contributed by atoms with Crippen molar-refractivity contribution in [3.63, 3.8) is 0 Å². The molecule has 0 saturated carbocycles. The van der Waals surface area contributed by atoms with E-state index in [1.165, 1.54) is 16.7 Å². The normalized spacial score (nSPS) is 21.3. The smallest absolute Gasteiger partial charge is 0.0940 e. The Labute approximate surface area is 127 Å². The summed E-state index contributed by atoms with van der Waals surface area (Å²) >= 11 is 0. The highest BCUT2D eigenvalue weighted by molar-refractivity contribution is 5.37. The molecule has 0 heterocycles. The van der Waals surface area contributed by atoms with Gasteiger partial charge in [0.25, 0.3) is 0 Å². The van der Waals surface area contributed by atoms with Crippen molar-refractivity contribution in [1.29, 1.82) is 0 Å². The van der Waals surface area contributed by atoms with Crippen LogP contribution in [0.15, 0.2) is 48.5 Å².